The molecule has 2 heterocycles. The lowest BCUT2D eigenvalue weighted by Crippen LogP contribution is -2.41. The average molecular weight is 322 g/mol. The molecule has 0 aliphatic heterocycles. The van der Waals surface area contributed by atoms with Gasteiger partial charge in [0.05, 0.1) is 12.6 Å². The number of hydrogen-bond acceptors (Lipinski definition) is 5. The van der Waals surface area contributed by atoms with Gasteiger partial charge in [0.2, 0.25) is 0 Å². The van der Waals surface area contributed by atoms with Crippen LogP contribution in [0.15, 0.2) is 27.4 Å². The van der Waals surface area contributed by atoms with Crippen LogP contribution in [-0.2, 0) is 6.54 Å². The summed E-state index contributed by atoms with van der Waals surface area (Å²) in [6, 6.07) is 3.96. The first-order chi connectivity index (χ1) is 10.5. The Morgan fingerprint density at radius 1 is 1.45 bits per heavy atom. The van der Waals surface area contributed by atoms with Gasteiger partial charge in [-0.15, -0.1) is 0 Å². The Labute approximate surface area is 134 Å². The maximum Gasteiger partial charge on any atom is 0.317 e. The van der Waals surface area contributed by atoms with Gasteiger partial charge >= 0.3 is 6.03 Å². The van der Waals surface area contributed by atoms with E-state index in [1.807, 2.05) is 32.5 Å². The molecule has 0 bridgehead atoms. The summed E-state index contributed by atoms with van der Waals surface area (Å²) in [5, 5.41) is 11.0. The van der Waals surface area contributed by atoms with E-state index in [2.05, 4.69) is 26.8 Å². The molecule has 0 radical (unpaired) electrons. The highest BCUT2D eigenvalue weighted by atomic mass is 32.1. The lowest BCUT2D eigenvalue weighted by Gasteiger charge is -2.25. The summed E-state index contributed by atoms with van der Waals surface area (Å²) in [5.74, 6) is 0.744. The number of thiophene rings is 1. The van der Waals surface area contributed by atoms with Crippen molar-refractivity contribution >= 4 is 17.4 Å². The van der Waals surface area contributed by atoms with E-state index in [9.17, 15) is 4.79 Å². The predicted octanol–water partition coefficient (Wildman–Crippen LogP) is 2.49. The normalized spacial score (nSPS) is 12.4. The molecule has 0 fully saturated rings. The molecule has 6 nitrogen and oxygen atoms in total. The molecule has 22 heavy (non-hydrogen) atoms. The number of carbonyl (C=O) groups is 1. The van der Waals surface area contributed by atoms with E-state index in [1.165, 1.54) is 5.56 Å². The molecule has 0 aliphatic carbocycles. The average Bonchev–Trinajstić information content (AvgIpc) is 3.10. The van der Waals surface area contributed by atoms with Gasteiger partial charge in [0, 0.05) is 19.7 Å². The Morgan fingerprint density at radius 2 is 2.23 bits per heavy atom. The second-order valence-electron chi connectivity index (χ2n) is 5.51. The first kappa shape index (κ1) is 16.5. The molecular formula is C15H22N4O2S. The largest absolute Gasteiger partial charge is 0.361 e. The van der Waals surface area contributed by atoms with Crippen molar-refractivity contribution in [2.75, 3.05) is 27.7 Å². The van der Waals surface area contributed by atoms with Crippen LogP contribution in [0.2, 0.25) is 0 Å². The smallest absolute Gasteiger partial charge is 0.317 e. The number of carbonyl (C=O) groups excluding carboxylic acids is 1. The fourth-order valence-corrected chi connectivity index (χ4v) is 2.90. The van der Waals surface area contributed by atoms with Crippen molar-refractivity contribution in [2.24, 2.45) is 0 Å². The minimum Gasteiger partial charge on any atom is -0.361 e. The van der Waals surface area contributed by atoms with Crippen LogP contribution >= 0.6 is 11.3 Å². The molecular weight excluding hydrogens is 300 g/mol. The summed E-state index contributed by atoms with van der Waals surface area (Å²) in [6.07, 6.45) is 0. The summed E-state index contributed by atoms with van der Waals surface area (Å²) in [4.78, 5) is 15.9. The molecule has 0 spiro atoms. The summed E-state index contributed by atoms with van der Waals surface area (Å²) in [6.45, 7) is 2.82. The minimum absolute atomic E-state index is 0.122. The zero-order valence-electron chi connectivity index (χ0n) is 13.4. The second-order valence-corrected chi connectivity index (χ2v) is 6.29. The Kier molecular flexibility index (Phi) is 5.57. The third-order valence-electron chi connectivity index (χ3n) is 3.42. The molecule has 2 aromatic heterocycles. The van der Waals surface area contributed by atoms with Crippen LogP contribution in [0, 0.1) is 6.92 Å². The number of aryl methyl sites for hydroxylation is 1. The second kappa shape index (κ2) is 7.42. The van der Waals surface area contributed by atoms with Crippen molar-refractivity contribution in [3.63, 3.8) is 0 Å². The van der Waals surface area contributed by atoms with Gasteiger partial charge in [0.25, 0.3) is 0 Å². The number of urea groups is 1. The first-order valence-corrected chi connectivity index (χ1v) is 8.01. The van der Waals surface area contributed by atoms with Crippen LogP contribution in [0.5, 0.6) is 0 Å². The number of nitrogens with zero attached hydrogens (tertiary/aromatic N) is 3. The number of rotatable bonds is 6. The van der Waals surface area contributed by atoms with E-state index in [0.29, 0.717) is 13.1 Å². The molecule has 1 N–H and O–H groups in total. The van der Waals surface area contributed by atoms with Gasteiger partial charge in [-0.2, -0.15) is 11.3 Å². The van der Waals surface area contributed by atoms with Crippen molar-refractivity contribution in [1.29, 1.82) is 0 Å². The monoisotopic (exact) mass is 322 g/mol. The number of hydrogen-bond donors (Lipinski definition) is 1. The quantitative estimate of drug-likeness (QED) is 0.887. The Hall–Kier alpha value is -1.86. The van der Waals surface area contributed by atoms with E-state index in [1.54, 1.807) is 23.3 Å². The van der Waals surface area contributed by atoms with E-state index >= 15 is 0 Å². The van der Waals surface area contributed by atoms with Crippen LogP contribution < -0.4 is 5.32 Å². The molecule has 120 valence electrons. The number of aromatic nitrogens is 1. The van der Waals surface area contributed by atoms with Crippen LogP contribution in [0.4, 0.5) is 4.79 Å². The summed E-state index contributed by atoms with van der Waals surface area (Å²) in [7, 11) is 5.77. The third-order valence-corrected chi connectivity index (χ3v) is 4.12. The van der Waals surface area contributed by atoms with E-state index in [4.69, 9.17) is 4.52 Å². The maximum absolute atomic E-state index is 12.2. The van der Waals surface area contributed by atoms with Crippen molar-refractivity contribution in [3.05, 3.63) is 39.9 Å². The van der Waals surface area contributed by atoms with Gasteiger partial charge in [0.1, 0.15) is 11.5 Å². The van der Waals surface area contributed by atoms with Crippen LogP contribution in [0.25, 0.3) is 0 Å². The van der Waals surface area contributed by atoms with E-state index < -0.39 is 0 Å². The topological polar surface area (TPSA) is 61.6 Å². The number of nitrogens with one attached hydrogen (secondary N) is 1. The Bertz CT molecular complexity index is 594. The fourth-order valence-electron chi connectivity index (χ4n) is 2.19. The van der Waals surface area contributed by atoms with Gasteiger partial charge < -0.3 is 19.6 Å². The number of amides is 2. The summed E-state index contributed by atoms with van der Waals surface area (Å²) < 4.78 is 5.01. The van der Waals surface area contributed by atoms with Crippen molar-refractivity contribution in [3.8, 4) is 0 Å². The molecule has 2 rings (SSSR count). The molecule has 1 atom stereocenters. The fraction of sp³-hybridized carbons (Fsp3) is 0.467. The van der Waals surface area contributed by atoms with E-state index in [0.717, 1.165) is 11.5 Å². The highest BCUT2D eigenvalue weighted by Crippen LogP contribution is 2.20. The van der Waals surface area contributed by atoms with Crippen LogP contribution in [0.3, 0.4) is 0 Å². The molecule has 2 aromatic rings. The molecule has 7 heteroatoms. The van der Waals surface area contributed by atoms with Crippen molar-refractivity contribution < 1.29 is 9.32 Å². The van der Waals surface area contributed by atoms with Gasteiger partial charge in [-0.05, 0) is 43.4 Å². The highest BCUT2D eigenvalue weighted by molar-refractivity contribution is 7.07. The maximum atomic E-state index is 12.2. The van der Waals surface area contributed by atoms with Gasteiger partial charge in [-0.1, -0.05) is 5.16 Å². The number of likely N-dealkylation sites (N-methyl/N-ethyl adjacent to an activating group) is 1. The Morgan fingerprint density at radius 3 is 2.77 bits per heavy atom. The standard InChI is InChI=1S/C15H22N4O2S/c1-11-7-13(17-21-11)9-19(4)15(20)16-8-14(18(2)3)12-5-6-22-10-12/h5-7,10,14H,8-9H2,1-4H3,(H,16,20)/t14-/m1/s1. The van der Waals surface area contributed by atoms with Crippen molar-refractivity contribution in [1.82, 2.24) is 20.3 Å². The molecule has 0 saturated carbocycles. The van der Waals surface area contributed by atoms with E-state index in [-0.39, 0.29) is 12.1 Å². The minimum atomic E-state index is -0.122. The summed E-state index contributed by atoms with van der Waals surface area (Å²) >= 11 is 1.66. The first-order valence-electron chi connectivity index (χ1n) is 7.07. The van der Waals surface area contributed by atoms with Crippen LogP contribution in [0.1, 0.15) is 23.1 Å². The molecule has 0 unspecified atom stereocenters. The Balaban J connectivity index is 1.88. The van der Waals surface area contributed by atoms with Crippen LogP contribution in [-0.4, -0.2) is 48.7 Å². The summed E-state index contributed by atoms with van der Waals surface area (Å²) in [5.41, 5.74) is 1.96. The SMILES string of the molecule is Cc1cc(CN(C)C(=O)NC[C@H](c2ccsc2)N(C)C)no1. The molecule has 2 amide bonds. The zero-order valence-corrected chi connectivity index (χ0v) is 14.2. The van der Waals surface area contributed by atoms with Gasteiger partial charge in [0.15, 0.2) is 0 Å². The predicted molar refractivity (Wildman–Crippen MR) is 86.9 cm³/mol. The van der Waals surface area contributed by atoms with Gasteiger partial charge in [-0.3, -0.25) is 0 Å². The zero-order chi connectivity index (χ0) is 16.1. The molecule has 0 aliphatic rings. The van der Waals surface area contributed by atoms with Crippen molar-refractivity contribution in [2.45, 2.75) is 19.5 Å². The van der Waals surface area contributed by atoms with Gasteiger partial charge in [-0.25, -0.2) is 4.79 Å². The molecule has 0 aromatic carbocycles. The highest BCUT2D eigenvalue weighted by Gasteiger charge is 2.17. The lowest BCUT2D eigenvalue weighted by molar-refractivity contribution is 0.199. The third kappa shape index (κ3) is 4.32. The lowest BCUT2D eigenvalue weighted by atomic mass is 10.1. The molecule has 0 saturated heterocycles.